The average Bonchev–Trinajstić information content (AvgIpc) is 3.38. The van der Waals surface area contributed by atoms with Crippen LogP contribution in [-0.4, -0.2) is 121 Å². The number of aliphatic hydroxyl groups is 7. The molecule has 0 unspecified atom stereocenters. The van der Waals surface area contributed by atoms with Crippen LogP contribution in [0.2, 0.25) is 0 Å². The number of fused-ring (bicyclic) bond motifs is 1. The van der Waals surface area contributed by atoms with E-state index in [0.717, 1.165) is 16.9 Å². The second-order valence-electron chi connectivity index (χ2n) is 11.0. The summed E-state index contributed by atoms with van der Waals surface area (Å²) in [5, 5.41) is 76.9. The zero-order valence-corrected chi connectivity index (χ0v) is 24.2. The molecule has 1 aliphatic heterocycles. The van der Waals surface area contributed by atoms with Crippen molar-refractivity contribution in [1.29, 1.82) is 0 Å². The van der Waals surface area contributed by atoms with Crippen LogP contribution in [0.4, 0.5) is 0 Å². The summed E-state index contributed by atoms with van der Waals surface area (Å²) in [5.41, 5.74) is 1.98. The van der Waals surface area contributed by atoms with Crippen molar-refractivity contribution in [2.45, 2.75) is 69.0 Å². The van der Waals surface area contributed by atoms with E-state index in [-0.39, 0.29) is 32.2 Å². The Morgan fingerprint density at radius 1 is 0.953 bits per heavy atom. The minimum Gasteiger partial charge on any atom is -0.494 e. The quantitative estimate of drug-likeness (QED) is 0.0937. The van der Waals surface area contributed by atoms with Gasteiger partial charge in [-0.05, 0) is 62.1 Å². The molecule has 0 saturated carbocycles. The summed E-state index contributed by atoms with van der Waals surface area (Å²) in [5.74, 6) is 0.873. The normalized spacial score (nSPS) is 22.7. The predicted octanol–water partition coefficient (Wildman–Crippen LogP) is -0.906. The van der Waals surface area contributed by atoms with Gasteiger partial charge in [0.2, 0.25) is 12.2 Å². The van der Waals surface area contributed by atoms with Gasteiger partial charge >= 0.3 is 0 Å². The maximum absolute atomic E-state index is 10.5. The third-order valence-electron chi connectivity index (χ3n) is 7.67. The number of hydrogen-bond donors (Lipinski definition) is 8. The van der Waals surface area contributed by atoms with Crippen LogP contribution in [0.3, 0.4) is 0 Å². The van der Waals surface area contributed by atoms with Gasteiger partial charge in [0.05, 0.1) is 56.0 Å². The van der Waals surface area contributed by atoms with E-state index in [4.69, 9.17) is 14.2 Å². The van der Waals surface area contributed by atoms with Crippen LogP contribution < -0.4 is 14.8 Å². The van der Waals surface area contributed by atoms with Crippen molar-refractivity contribution in [3.63, 3.8) is 0 Å². The van der Waals surface area contributed by atoms with E-state index < -0.39 is 42.9 Å². The Bertz CT molecular complexity index is 1280. The number of benzene rings is 2. The predicted molar refractivity (Wildman–Crippen MR) is 156 cm³/mol. The Labute approximate surface area is 249 Å². The molecule has 2 aromatic carbocycles. The van der Waals surface area contributed by atoms with Crippen LogP contribution in [0.25, 0.3) is 10.9 Å². The SMILES string of the molecule is CC(CO)(CO)NCCCOc1ccc(CCc2cccc3c2c(O[C@@H]2O[C@H](CO)[C@@H](O)[C@H](O)[C@H]2O)nn3CCO)cc1. The van der Waals surface area contributed by atoms with Gasteiger partial charge in [-0.1, -0.05) is 24.3 Å². The fourth-order valence-electron chi connectivity index (χ4n) is 4.94. The molecule has 238 valence electrons. The molecule has 43 heavy (non-hydrogen) atoms. The van der Waals surface area contributed by atoms with Crippen molar-refractivity contribution >= 4 is 10.9 Å². The molecule has 1 aromatic heterocycles. The van der Waals surface area contributed by atoms with Crippen molar-refractivity contribution in [1.82, 2.24) is 15.1 Å². The lowest BCUT2D eigenvalue weighted by atomic mass is 9.99. The number of aryl methyl sites for hydroxylation is 2. The third kappa shape index (κ3) is 8.01. The maximum atomic E-state index is 10.5. The van der Waals surface area contributed by atoms with Gasteiger partial charge in [-0.25, -0.2) is 0 Å². The molecule has 5 atom stereocenters. The molecule has 1 fully saturated rings. The molecular weight excluding hydrogens is 562 g/mol. The van der Waals surface area contributed by atoms with Crippen molar-refractivity contribution in [3.8, 4) is 11.6 Å². The van der Waals surface area contributed by atoms with E-state index >= 15 is 0 Å². The van der Waals surface area contributed by atoms with Crippen molar-refractivity contribution in [3.05, 3.63) is 53.6 Å². The van der Waals surface area contributed by atoms with E-state index in [1.807, 2.05) is 42.5 Å². The summed E-state index contributed by atoms with van der Waals surface area (Å²) < 4.78 is 18.9. The summed E-state index contributed by atoms with van der Waals surface area (Å²) in [6.45, 7) is 1.99. The molecule has 1 aliphatic rings. The highest BCUT2D eigenvalue weighted by Gasteiger charge is 2.45. The third-order valence-corrected chi connectivity index (χ3v) is 7.67. The van der Waals surface area contributed by atoms with Crippen LogP contribution >= 0.6 is 0 Å². The highest BCUT2D eigenvalue weighted by molar-refractivity contribution is 5.88. The van der Waals surface area contributed by atoms with Crippen molar-refractivity contribution < 1.29 is 50.0 Å². The Morgan fingerprint density at radius 2 is 1.70 bits per heavy atom. The molecule has 1 saturated heterocycles. The summed E-state index contributed by atoms with van der Waals surface area (Å²) >= 11 is 0. The molecule has 3 aromatic rings. The number of rotatable bonds is 16. The number of ether oxygens (including phenoxy) is 3. The highest BCUT2D eigenvalue weighted by atomic mass is 16.7. The second-order valence-corrected chi connectivity index (χ2v) is 11.0. The van der Waals surface area contributed by atoms with Gasteiger partial charge < -0.3 is 55.3 Å². The first-order valence-corrected chi connectivity index (χ1v) is 14.5. The van der Waals surface area contributed by atoms with Gasteiger partial charge in [-0.3, -0.25) is 4.68 Å². The summed E-state index contributed by atoms with van der Waals surface area (Å²) in [6, 6.07) is 13.5. The lowest BCUT2D eigenvalue weighted by Crippen LogP contribution is -2.60. The smallest absolute Gasteiger partial charge is 0.243 e. The first-order valence-electron chi connectivity index (χ1n) is 14.5. The fourth-order valence-corrected chi connectivity index (χ4v) is 4.94. The second kappa shape index (κ2) is 15.2. The molecule has 0 aliphatic carbocycles. The van der Waals surface area contributed by atoms with Gasteiger partial charge in [0, 0.05) is 0 Å². The van der Waals surface area contributed by atoms with Gasteiger partial charge in [0.15, 0.2) is 0 Å². The van der Waals surface area contributed by atoms with Gasteiger partial charge in [-0.15, -0.1) is 5.10 Å². The maximum Gasteiger partial charge on any atom is 0.243 e. The van der Waals surface area contributed by atoms with Crippen molar-refractivity contribution in [2.24, 2.45) is 0 Å². The number of aromatic nitrogens is 2. The molecule has 0 bridgehead atoms. The van der Waals surface area contributed by atoms with E-state index in [0.29, 0.717) is 43.3 Å². The van der Waals surface area contributed by atoms with Crippen LogP contribution in [0.5, 0.6) is 11.6 Å². The van der Waals surface area contributed by atoms with Crippen LogP contribution in [0.15, 0.2) is 42.5 Å². The summed E-state index contributed by atoms with van der Waals surface area (Å²) in [7, 11) is 0. The zero-order valence-electron chi connectivity index (χ0n) is 24.2. The summed E-state index contributed by atoms with van der Waals surface area (Å²) in [4.78, 5) is 0. The van der Waals surface area contributed by atoms with Gasteiger partial charge in [-0.2, -0.15) is 0 Å². The molecule has 0 amide bonds. The first-order chi connectivity index (χ1) is 20.7. The largest absolute Gasteiger partial charge is 0.494 e. The standard InChI is InChI=1S/C30H43N3O10/c1-30(17-36,18-37)31-12-3-15-41-21-10-7-19(8-11-21)6-9-20-4-2-5-22-24(20)28(32-33(22)13-14-34)43-29-27(40)26(39)25(38)23(16-35)42-29/h2,4-5,7-8,10-11,23,25-27,29,31,34-40H,3,6,9,12-18H2,1H3/t23-,25-,26+,27-,29+/m1/s1. The number of nitrogens with one attached hydrogen (secondary N) is 1. The zero-order chi connectivity index (χ0) is 31.0. The fraction of sp³-hybridized carbons (Fsp3) is 0.567. The Balaban J connectivity index is 1.42. The van der Waals surface area contributed by atoms with Crippen LogP contribution in [0, 0.1) is 0 Å². The Morgan fingerprint density at radius 3 is 2.37 bits per heavy atom. The van der Waals surface area contributed by atoms with Crippen LogP contribution in [-0.2, 0) is 24.1 Å². The molecule has 0 spiro atoms. The average molecular weight is 606 g/mol. The number of aliphatic hydroxyl groups excluding tert-OH is 7. The summed E-state index contributed by atoms with van der Waals surface area (Å²) in [6.07, 6.45) is -5.17. The molecule has 13 heteroatoms. The minimum atomic E-state index is -1.59. The molecule has 4 rings (SSSR count). The Kier molecular flexibility index (Phi) is 11.7. The molecule has 13 nitrogen and oxygen atoms in total. The van der Waals surface area contributed by atoms with E-state index in [1.54, 1.807) is 11.6 Å². The lowest BCUT2D eigenvalue weighted by molar-refractivity contribution is -0.278. The van der Waals surface area contributed by atoms with E-state index in [9.17, 15) is 35.7 Å². The topological polar surface area (TPSA) is 199 Å². The van der Waals surface area contributed by atoms with Gasteiger partial charge in [0.1, 0.15) is 30.2 Å². The molecular formula is C30H43N3O10. The van der Waals surface area contributed by atoms with Gasteiger partial charge in [0.25, 0.3) is 0 Å². The minimum absolute atomic E-state index is 0.139. The highest BCUT2D eigenvalue weighted by Crippen LogP contribution is 2.32. The Hall–Kier alpha value is -2.85. The van der Waals surface area contributed by atoms with Crippen LogP contribution in [0.1, 0.15) is 24.5 Å². The number of hydrogen-bond acceptors (Lipinski definition) is 12. The monoisotopic (exact) mass is 605 g/mol. The molecule has 0 radical (unpaired) electrons. The van der Waals surface area contributed by atoms with E-state index in [1.165, 1.54) is 0 Å². The first kappa shape index (κ1) is 33.1. The molecule has 8 N–H and O–H groups in total. The van der Waals surface area contributed by atoms with Crippen molar-refractivity contribution in [2.75, 3.05) is 39.6 Å². The molecule has 2 heterocycles. The van der Waals surface area contributed by atoms with E-state index in [2.05, 4.69) is 10.4 Å². The number of nitrogens with zero attached hydrogens (tertiary/aromatic N) is 2. The lowest BCUT2D eigenvalue weighted by Gasteiger charge is -2.39.